The third-order valence-corrected chi connectivity index (χ3v) is 6.15. The second-order valence-corrected chi connectivity index (χ2v) is 8.83. The number of nitrogens with one attached hydrogen (secondary N) is 1. The SMILES string of the molecule is O=C(CCc1ccccc1)NCCCCCc1nc2ccccc2n1CCCOc1ccccc1. The maximum atomic E-state index is 12.1. The van der Waals surface area contributed by atoms with Crippen molar-refractivity contribution in [2.45, 2.75) is 51.5 Å². The fourth-order valence-corrected chi connectivity index (χ4v) is 4.30. The molecule has 5 heteroatoms. The lowest BCUT2D eigenvalue weighted by Crippen LogP contribution is -2.24. The van der Waals surface area contributed by atoms with E-state index in [1.165, 1.54) is 11.1 Å². The van der Waals surface area contributed by atoms with Crippen LogP contribution in [0.25, 0.3) is 11.0 Å². The number of hydrogen-bond donors (Lipinski definition) is 1. The molecule has 0 radical (unpaired) electrons. The Hall–Kier alpha value is -3.60. The Labute approximate surface area is 208 Å². The number of aromatic nitrogens is 2. The molecule has 1 N–H and O–H groups in total. The Bertz CT molecular complexity index is 1170. The van der Waals surface area contributed by atoms with Gasteiger partial charge in [0, 0.05) is 25.9 Å². The molecule has 0 aliphatic carbocycles. The van der Waals surface area contributed by atoms with Crippen molar-refractivity contribution in [2.75, 3.05) is 13.2 Å². The molecule has 0 spiro atoms. The van der Waals surface area contributed by atoms with Crippen molar-refractivity contribution in [3.8, 4) is 5.75 Å². The van der Waals surface area contributed by atoms with Gasteiger partial charge in [-0.25, -0.2) is 4.98 Å². The van der Waals surface area contributed by atoms with Crippen molar-refractivity contribution in [1.82, 2.24) is 14.9 Å². The van der Waals surface area contributed by atoms with Gasteiger partial charge >= 0.3 is 0 Å². The Kier molecular flexibility index (Phi) is 9.34. The third-order valence-electron chi connectivity index (χ3n) is 6.15. The number of rotatable bonds is 14. The lowest BCUT2D eigenvalue weighted by Gasteiger charge is -2.11. The fourth-order valence-electron chi connectivity index (χ4n) is 4.30. The zero-order valence-electron chi connectivity index (χ0n) is 20.4. The first-order chi connectivity index (χ1) is 17.3. The van der Waals surface area contributed by atoms with Gasteiger partial charge in [-0.1, -0.05) is 67.1 Å². The van der Waals surface area contributed by atoms with Gasteiger partial charge in [0.05, 0.1) is 17.6 Å². The number of unbranched alkanes of at least 4 members (excludes halogenated alkanes) is 2. The fraction of sp³-hybridized carbons (Fsp3) is 0.333. The van der Waals surface area contributed by atoms with Gasteiger partial charge < -0.3 is 14.6 Å². The predicted molar refractivity (Wildman–Crippen MR) is 142 cm³/mol. The number of hydrogen-bond acceptors (Lipinski definition) is 3. The summed E-state index contributed by atoms with van der Waals surface area (Å²) in [5, 5.41) is 3.06. The smallest absolute Gasteiger partial charge is 0.220 e. The van der Waals surface area contributed by atoms with Gasteiger partial charge in [-0.05, 0) is 55.5 Å². The molecule has 1 amide bonds. The molecule has 0 fully saturated rings. The standard InChI is InChI=1S/C30H35N3O2/c34-30(21-20-25-13-4-1-5-14-25)31-22-11-3-8-19-29-32-27-17-9-10-18-28(27)33(29)23-12-24-35-26-15-6-2-7-16-26/h1-2,4-7,9-10,13-18H,3,8,11-12,19-24H2,(H,31,34). The van der Waals surface area contributed by atoms with Crippen LogP contribution in [0.4, 0.5) is 0 Å². The summed E-state index contributed by atoms with van der Waals surface area (Å²) in [7, 11) is 0. The van der Waals surface area contributed by atoms with Gasteiger partial charge in [-0.2, -0.15) is 0 Å². The minimum absolute atomic E-state index is 0.133. The van der Waals surface area contributed by atoms with Gasteiger partial charge in [0.1, 0.15) is 11.6 Å². The van der Waals surface area contributed by atoms with Gasteiger partial charge in [0.25, 0.3) is 0 Å². The number of benzene rings is 3. The molecular weight excluding hydrogens is 434 g/mol. The summed E-state index contributed by atoms with van der Waals surface area (Å²) in [5.74, 6) is 2.18. The van der Waals surface area contributed by atoms with E-state index in [1.54, 1.807) is 0 Å². The first kappa shape index (κ1) is 24.5. The highest BCUT2D eigenvalue weighted by Crippen LogP contribution is 2.19. The number of fused-ring (bicyclic) bond motifs is 1. The van der Waals surface area contributed by atoms with Gasteiger partial charge in [0.15, 0.2) is 0 Å². The number of para-hydroxylation sites is 3. The Balaban J connectivity index is 1.18. The molecule has 0 unspecified atom stereocenters. The summed E-state index contributed by atoms with van der Waals surface area (Å²) in [4.78, 5) is 17.0. The van der Waals surface area contributed by atoms with Crippen LogP contribution in [-0.4, -0.2) is 28.6 Å². The van der Waals surface area contributed by atoms with Crippen molar-refractivity contribution >= 4 is 16.9 Å². The number of nitrogens with zero attached hydrogens (tertiary/aromatic N) is 2. The number of ether oxygens (including phenoxy) is 1. The molecule has 0 bridgehead atoms. The molecule has 0 saturated carbocycles. The highest BCUT2D eigenvalue weighted by Gasteiger charge is 2.10. The normalized spacial score (nSPS) is 11.0. The molecule has 3 aromatic carbocycles. The maximum absolute atomic E-state index is 12.1. The topological polar surface area (TPSA) is 56.2 Å². The number of aryl methyl sites for hydroxylation is 3. The molecule has 4 rings (SSSR count). The highest BCUT2D eigenvalue weighted by atomic mass is 16.5. The quantitative estimate of drug-likeness (QED) is 0.232. The predicted octanol–water partition coefficient (Wildman–Crippen LogP) is 5.97. The van der Waals surface area contributed by atoms with Crippen molar-refractivity contribution in [3.05, 3.63) is 96.3 Å². The van der Waals surface area contributed by atoms with Crippen LogP contribution in [0.1, 0.15) is 43.5 Å². The maximum Gasteiger partial charge on any atom is 0.220 e. The third kappa shape index (κ3) is 7.71. The van der Waals surface area contributed by atoms with E-state index in [0.717, 1.165) is 68.7 Å². The monoisotopic (exact) mass is 469 g/mol. The van der Waals surface area contributed by atoms with Crippen molar-refractivity contribution in [1.29, 1.82) is 0 Å². The molecule has 5 nitrogen and oxygen atoms in total. The van der Waals surface area contributed by atoms with E-state index < -0.39 is 0 Å². The Morgan fingerprint density at radius 3 is 2.37 bits per heavy atom. The Morgan fingerprint density at radius 2 is 1.54 bits per heavy atom. The van der Waals surface area contributed by atoms with Crippen LogP contribution in [0.5, 0.6) is 5.75 Å². The van der Waals surface area contributed by atoms with E-state index >= 15 is 0 Å². The number of amides is 1. The highest BCUT2D eigenvalue weighted by molar-refractivity contribution is 5.76. The summed E-state index contributed by atoms with van der Waals surface area (Å²) < 4.78 is 8.22. The van der Waals surface area contributed by atoms with Gasteiger partial charge in [-0.3, -0.25) is 4.79 Å². The number of carbonyl (C=O) groups is 1. The lowest BCUT2D eigenvalue weighted by molar-refractivity contribution is -0.121. The van der Waals surface area contributed by atoms with E-state index in [-0.39, 0.29) is 5.91 Å². The first-order valence-electron chi connectivity index (χ1n) is 12.7. The molecule has 0 saturated heterocycles. The summed E-state index contributed by atoms with van der Waals surface area (Å²) in [5.41, 5.74) is 3.45. The second-order valence-electron chi connectivity index (χ2n) is 8.83. The van der Waals surface area contributed by atoms with Crippen LogP contribution >= 0.6 is 0 Å². The minimum Gasteiger partial charge on any atom is -0.494 e. The molecule has 1 aromatic heterocycles. The van der Waals surface area contributed by atoms with Crippen LogP contribution in [-0.2, 0) is 24.2 Å². The lowest BCUT2D eigenvalue weighted by atomic mass is 10.1. The van der Waals surface area contributed by atoms with Crippen molar-refractivity contribution < 1.29 is 9.53 Å². The van der Waals surface area contributed by atoms with Crippen LogP contribution in [0.3, 0.4) is 0 Å². The van der Waals surface area contributed by atoms with Crippen LogP contribution in [0.15, 0.2) is 84.9 Å². The summed E-state index contributed by atoms with van der Waals surface area (Å²) in [6, 6.07) is 28.5. The van der Waals surface area contributed by atoms with Gasteiger partial charge in [0.2, 0.25) is 5.91 Å². The van der Waals surface area contributed by atoms with Crippen LogP contribution in [0, 0.1) is 0 Å². The largest absolute Gasteiger partial charge is 0.494 e. The van der Waals surface area contributed by atoms with Crippen molar-refractivity contribution in [2.24, 2.45) is 0 Å². The molecule has 0 aliphatic rings. The van der Waals surface area contributed by atoms with Gasteiger partial charge in [-0.15, -0.1) is 0 Å². The molecule has 0 atom stereocenters. The number of carbonyl (C=O) groups excluding carboxylic acids is 1. The summed E-state index contributed by atoms with van der Waals surface area (Å²) in [6.45, 7) is 2.31. The molecule has 182 valence electrons. The summed E-state index contributed by atoms with van der Waals surface area (Å²) >= 11 is 0. The molecule has 1 heterocycles. The first-order valence-corrected chi connectivity index (χ1v) is 12.7. The van der Waals surface area contributed by atoms with Crippen molar-refractivity contribution in [3.63, 3.8) is 0 Å². The molecule has 0 aliphatic heterocycles. The van der Waals surface area contributed by atoms with E-state index in [2.05, 4.69) is 40.2 Å². The average Bonchev–Trinajstić information content (AvgIpc) is 3.26. The summed E-state index contributed by atoms with van der Waals surface area (Å²) in [6.07, 6.45) is 6.32. The minimum atomic E-state index is 0.133. The molecule has 4 aromatic rings. The van der Waals surface area contributed by atoms with E-state index in [9.17, 15) is 4.79 Å². The van der Waals surface area contributed by atoms with E-state index in [1.807, 2.05) is 54.6 Å². The zero-order valence-corrected chi connectivity index (χ0v) is 20.4. The van der Waals surface area contributed by atoms with Crippen LogP contribution in [0.2, 0.25) is 0 Å². The van der Waals surface area contributed by atoms with E-state index in [4.69, 9.17) is 9.72 Å². The number of imidazole rings is 1. The second kappa shape index (κ2) is 13.3. The average molecular weight is 470 g/mol. The van der Waals surface area contributed by atoms with E-state index in [0.29, 0.717) is 13.0 Å². The zero-order chi connectivity index (χ0) is 24.1. The molecular formula is C30H35N3O2. The van der Waals surface area contributed by atoms with Crippen LogP contribution < -0.4 is 10.1 Å². The Morgan fingerprint density at radius 1 is 0.800 bits per heavy atom. The molecule has 35 heavy (non-hydrogen) atoms.